The third-order valence-electron chi connectivity index (χ3n) is 7.43. The van der Waals surface area contributed by atoms with Crippen molar-refractivity contribution in [1.82, 2.24) is 14.8 Å². The number of aryl methyl sites for hydroxylation is 1. The molecule has 2 aromatic carbocycles. The number of fused-ring (bicyclic) bond motifs is 1. The van der Waals surface area contributed by atoms with E-state index in [2.05, 4.69) is 11.4 Å². The van der Waals surface area contributed by atoms with Crippen molar-refractivity contribution in [3.8, 4) is 11.3 Å². The molecule has 3 aromatic rings. The van der Waals surface area contributed by atoms with E-state index in [-0.39, 0.29) is 17.9 Å². The van der Waals surface area contributed by atoms with E-state index in [1.54, 1.807) is 4.90 Å². The molecular formula is C29H33N3O2. The van der Waals surface area contributed by atoms with Crippen molar-refractivity contribution in [3.63, 3.8) is 0 Å². The van der Waals surface area contributed by atoms with E-state index in [0.717, 1.165) is 48.1 Å². The maximum absolute atomic E-state index is 13.9. The summed E-state index contributed by atoms with van der Waals surface area (Å²) in [5, 5.41) is 3.31. The van der Waals surface area contributed by atoms with Gasteiger partial charge in [0.05, 0.1) is 6.54 Å². The summed E-state index contributed by atoms with van der Waals surface area (Å²) in [5.74, 6) is -0.157. The highest BCUT2D eigenvalue weighted by atomic mass is 16.2. The van der Waals surface area contributed by atoms with E-state index < -0.39 is 5.54 Å². The van der Waals surface area contributed by atoms with Crippen molar-refractivity contribution < 1.29 is 9.59 Å². The second-order valence-corrected chi connectivity index (χ2v) is 10.0. The van der Waals surface area contributed by atoms with Gasteiger partial charge in [-0.05, 0) is 49.9 Å². The number of carbonyl (C=O) groups excluding carboxylic acids is 2. The Kier molecular flexibility index (Phi) is 6.03. The predicted molar refractivity (Wildman–Crippen MR) is 134 cm³/mol. The zero-order valence-electron chi connectivity index (χ0n) is 20.1. The maximum Gasteiger partial charge on any atom is 0.271 e. The number of nitrogens with one attached hydrogen (secondary N) is 1. The molecular weight excluding hydrogens is 422 g/mol. The number of carbonyl (C=O) groups is 2. The molecule has 0 radical (unpaired) electrons. The second kappa shape index (κ2) is 9.13. The van der Waals surface area contributed by atoms with E-state index in [9.17, 15) is 9.59 Å². The Morgan fingerprint density at radius 1 is 0.971 bits per heavy atom. The number of aromatic nitrogens is 1. The van der Waals surface area contributed by atoms with Gasteiger partial charge in [-0.1, -0.05) is 79.4 Å². The molecule has 1 saturated carbocycles. The van der Waals surface area contributed by atoms with Gasteiger partial charge in [-0.2, -0.15) is 0 Å². The molecule has 1 unspecified atom stereocenters. The molecule has 1 aliphatic heterocycles. The number of nitrogens with zero attached hydrogens (tertiary/aromatic N) is 2. The summed E-state index contributed by atoms with van der Waals surface area (Å²) in [6.07, 6.45) is 5.55. The van der Waals surface area contributed by atoms with E-state index in [1.807, 2.05) is 79.1 Å². The van der Waals surface area contributed by atoms with Crippen LogP contribution in [0.3, 0.4) is 0 Å². The Balaban J connectivity index is 1.54. The molecule has 0 spiro atoms. The van der Waals surface area contributed by atoms with Crippen LogP contribution in [0.15, 0.2) is 66.7 Å². The molecule has 0 saturated heterocycles. The molecule has 1 atom stereocenters. The van der Waals surface area contributed by atoms with Crippen LogP contribution in [0.25, 0.3) is 11.3 Å². The minimum atomic E-state index is -0.992. The van der Waals surface area contributed by atoms with Crippen LogP contribution in [0, 0.1) is 6.92 Å². The lowest BCUT2D eigenvalue weighted by atomic mass is 9.91. The smallest absolute Gasteiger partial charge is 0.271 e. The SMILES string of the molecule is Cc1cccc(CN2C(=O)c3ccc(-c4ccccc4)n3CC2(C)C(=O)NC2CCCCC2)c1. The molecule has 1 aromatic heterocycles. The summed E-state index contributed by atoms with van der Waals surface area (Å²) in [7, 11) is 0. The predicted octanol–water partition coefficient (Wildman–Crippen LogP) is 5.33. The highest BCUT2D eigenvalue weighted by Crippen LogP contribution is 2.34. The topological polar surface area (TPSA) is 54.3 Å². The van der Waals surface area contributed by atoms with Crippen molar-refractivity contribution in [2.75, 3.05) is 0 Å². The number of hydrogen-bond acceptors (Lipinski definition) is 2. The van der Waals surface area contributed by atoms with Crippen molar-refractivity contribution in [2.24, 2.45) is 0 Å². The molecule has 1 N–H and O–H groups in total. The summed E-state index contributed by atoms with van der Waals surface area (Å²) < 4.78 is 2.03. The summed E-state index contributed by atoms with van der Waals surface area (Å²) in [4.78, 5) is 29.5. The summed E-state index contributed by atoms with van der Waals surface area (Å²) in [6.45, 7) is 4.81. The quantitative estimate of drug-likeness (QED) is 0.566. The van der Waals surface area contributed by atoms with E-state index in [4.69, 9.17) is 0 Å². The first-order chi connectivity index (χ1) is 16.5. The Hall–Kier alpha value is -3.34. The lowest BCUT2D eigenvalue weighted by molar-refractivity contribution is -0.134. The van der Waals surface area contributed by atoms with Crippen molar-refractivity contribution in [2.45, 2.75) is 70.6 Å². The van der Waals surface area contributed by atoms with Crippen LogP contribution in [-0.4, -0.2) is 32.9 Å². The summed E-state index contributed by atoms with van der Waals surface area (Å²) in [5.41, 5.74) is 3.83. The average Bonchev–Trinajstić information content (AvgIpc) is 3.26. The zero-order chi connectivity index (χ0) is 23.7. The van der Waals surface area contributed by atoms with E-state index >= 15 is 0 Å². The Morgan fingerprint density at radius 3 is 2.44 bits per heavy atom. The van der Waals surface area contributed by atoms with Gasteiger partial charge < -0.3 is 14.8 Å². The van der Waals surface area contributed by atoms with Crippen molar-refractivity contribution in [1.29, 1.82) is 0 Å². The fourth-order valence-electron chi connectivity index (χ4n) is 5.46. The lowest BCUT2D eigenvalue weighted by Crippen LogP contribution is -2.64. The van der Waals surface area contributed by atoms with Crippen LogP contribution in [0.1, 0.15) is 60.6 Å². The number of hydrogen-bond donors (Lipinski definition) is 1. The number of benzene rings is 2. The van der Waals surface area contributed by atoms with Crippen LogP contribution in [0.4, 0.5) is 0 Å². The molecule has 2 aliphatic rings. The molecule has 5 heteroatoms. The molecule has 0 bridgehead atoms. The van der Waals surface area contributed by atoms with Gasteiger partial charge in [0.2, 0.25) is 5.91 Å². The summed E-state index contributed by atoms with van der Waals surface area (Å²) in [6, 6.07) is 22.3. The van der Waals surface area contributed by atoms with Crippen LogP contribution in [0.2, 0.25) is 0 Å². The van der Waals surface area contributed by atoms with Crippen molar-refractivity contribution >= 4 is 11.8 Å². The standard InChI is InChI=1S/C29H33N3O2/c1-21-10-9-11-22(18-21)19-32-27(33)26-17-16-25(23-12-5-3-6-13-23)31(26)20-29(32,2)28(34)30-24-14-7-4-8-15-24/h3,5-6,9-13,16-18,24H,4,7-8,14-15,19-20H2,1-2H3,(H,30,34). The third kappa shape index (κ3) is 4.15. The molecule has 5 rings (SSSR count). The van der Waals surface area contributed by atoms with Crippen LogP contribution in [0.5, 0.6) is 0 Å². The highest BCUT2D eigenvalue weighted by Gasteiger charge is 2.48. The molecule has 2 amide bonds. The van der Waals surface area contributed by atoms with Gasteiger partial charge in [0.15, 0.2) is 0 Å². The minimum absolute atomic E-state index is 0.0567. The van der Waals surface area contributed by atoms with Crippen molar-refractivity contribution in [3.05, 3.63) is 83.6 Å². The van der Waals surface area contributed by atoms with Gasteiger partial charge >= 0.3 is 0 Å². The van der Waals surface area contributed by atoms with Gasteiger partial charge in [0.1, 0.15) is 11.2 Å². The van der Waals surface area contributed by atoms with Crippen LogP contribution < -0.4 is 5.32 Å². The van der Waals surface area contributed by atoms with Gasteiger partial charge in [0, 0.05) is 18.3 Å². The molecule has 5 nitrogen and oxygen atoms in total. The minimum Gasteiger partial charge on any atom is -0.351 e. The Morgan fingerprint density at radius 2 is 1.71 bits per heavy atom. The maximum atomic E-state index is 13.9. The first-order valence-corrected chi connectivity index (χ1v) is 12.4. The molecule has 176 valence electrons. The first kappa shape index (κ1) is 22.5. The average molecular weight is 456 g/mol. The van der Waals surface area contributed by atoms with Gasteiger partial charge in [-0.15, -0.1) is 0 Å². The monoisotopic (exact) mass is 455 g/mol. The zero-order valence-corrected chi connectivity index (χ0v) is 20.1. The molecule has 1 fully saturated rings. The Labute approximate surface area is 201 Å². The van der Waals surface area contributed by atoms with E-state index in [1.165, 1.54) is 6.42 Å². The normalized spacial score (nSPS) is 20.8. The third-order valence-corrected chi connectivity index (χ3v) is 7.43. The second-order valence-electron chi connectivity index (χ2n) is 10.0. The number of amides is 2. The summed E-state index contributed by atoms with van der Waals surface area (Å²) >= 11 is 0. The Bertz CT molecular complexity index is 1190. The molecule has 1 aliphatic carbocycles. The highest BCUT2D eigenvalue weighted by molar-refractivity contribution is 6.00. The van der Waals surface area contributed by atoms with Crippen LogP contribution in [-0.2, 0) is 17.9 Å². The van der Waals surface area contributed by atoms with Crippen LogP contribution >= 0.6 is 0 Å². The van der Waals surface area contributed by atoms with Gasteiger partial charge in [-0.25, -0.2) is 0 Å². The molecule has 34 heavy (non-hydrogen) atoms. The first-order valence-electron chi connectivity index (χ1n) is 12.4. The fourth-order valence-corrected chi connectivity index (χ4v) is 5.46. The fraction of sp³-hybridized carbons (Fsp3) is 0.379. The molecule has 2 heterocycles. The largest absolute Gasteiger partial charge is 0.351 e. The lowest BCUT2D eigenvalue weighted by Gasteiger charge is -2.45. The van der Waals surface area contributed by atoms with E-state index in [0.29, 0.717) is 18.8 Å². The van der Waals surface area contributed by atoms with Gasteiger partial charge in [-0.3, -0.25) is 9.59 Å². The number of rotatable bonds is 5. The van der Waals surface area contributed by atoms with Gasteiger partial charge in [0.25, 0.3) is 5.91 Å².